The van der Waals surface area contributed by atoms with Gasteiger partial charge in [0, 0.05) is 35.6 Å². The summed E-state index contributed by atoms with van der Waals surface area (Å²) in [5, 5.41) is 14.0. The summed E-state index contributed by atoms with van der Waals surface area (Å²) in [6, 6.07) is 9.89. The number of phenolic OH excluding ortho intramolecular Hbond substituents is 1. The van der Waals surface area contributed by atoms with Crippen LogP contribution in [0.2, 0.25) is 0 Å². The molecular weight excluding hydrogens is 487 g/mol. The van der Waals surface area contributed by atoms with Gasteiger partial charge in [0.1, 0.15) is 11.3 Å². The molecule has 1 aromatic heterocycles. The van der Waals surface area contributed by atoms with Crippen molar-refractivity contribution in [1.29, 1.82) is 0 Å². The van der Waals surface area contributed by atoms with Crippen molar-refractivity contribution in [1.82, 2.24) is 20.1 Å². The van der Waals surface area contributed by atoms with Gasteiger partial charge in [-0.1, -0.05) is 18.6 Å². The third kappa shape index (κ3) is 3.83. The number of amides is 3. The molecule has 2 aromatic carbocycles. The van der Waals surface area contributed by atoms with Gasteiger partial charge in [0.2, 0.25) is 0 Å². The van der Waals surface area contributed by atoms with E-state index in [1.807, 2.05) is 6.07 Å². The van der Waals surface area contributed by atoms with E-state index in [0.717, 1.165) is 12.1 Å². The molecule has 1 unspecified atom stereocenters. The Balaban J connectivity index is 1.39. The molecule has 2 atom stereocenters. The average Bonchev–Trinajstić information content (AvgIpc) is 3.31. The fraction of sp³-hybridized carbons (Fsp3) is 0.448. The fourth-order valence-corrected chi connectivity index (χ4v) is 6.32. The highest BCUT2D eigenvalue weighted by Gasteiger charge is 2.59. The predicted molar refractivity (Wildman–Crippen MR) is 141 cm³/mol. The van der Waals surface area contributed by atoms with Crippen LogP contribution in [0.25, 0.3) is 10.9 Å². The lowest BCUT2D eigenvalue weighted by Crippen LogP contribution is -2.53. The number of halogens is 1. The van der Waals surface area contributed by atoms with E-state index in [-0.39, 0.29) is 29.9 Å². The summed E-state index contributed by atoms with van der Waals surface area (Å²) >= 11 is 0. The maximum absolute atomic E-state index is 15.6. The lowest BCUT2D eigenvalue weighted by Gasteiger charge is -2.42. The molecule has 3 aliphatic rings. The monoisotopic (exact) mass is 520 g/mol. The summed E-state index contributed by atoms with van der Waals surface area (Å²) in [6.45, 7) is 2.87. The lowest BCUT2D eigenvalue weighted by molar-refractivity contribution is -0.133. The highest BCUT2D eigenvalue weighted by atomic mass is 19.1. The maximum atomic E-state index is 15.6. The smallest absolute Gasteiger partial charge is 0.328 e. The van der Waals surface area contributed by atoms with Gasteiger partial charge in [0.15, 0.2) is 11.6 Å². The molecule has 1 saturated carbocycles. The number of rotatable bonds is 8. The number of methoxy groups -OCH3 is 1. The fourth-order valence-electron chi connectivity index (χ4n) is 6.32. The number of urea groups is 1. The van der Waals surface area contributed by atoms with E-state index in [2.05, 4.69) is 10.3 Å². The number of carbonyl (C=O) groups is 2. The molecule has 3 aromatic rings. The van der Waals surface area contributed by atoms with Crippen molar-refractivity contribution in [2.24, 2.45) is 0 Å². The van der Waals surface area contributed by atoms with Crippen molar-refractivity contribution in [2.75, 3.05) is 20.2 Å². The Morgan fingerprint density at radius 1 is 1.24 bits per heavy atom. The zero-order valence-electron chi connectivity index (χ0n) is 21.7. The molecule has 8 nitrogen and oxygen atoms in total. The summed E-state index contributed by atoms with van der Waals surface area (Å²) < 4.78 is 20.8. The number of aromatic nitrogens is 1. The molecule has 6 rings (SSSR count). The molecule has 2 fully saturated rings. The number of H-pyrrole nitrogens is 1. The Morgan fingerprint density at radius 2 is 2.05 bits per heavy atom. The van der Waals surface area contributed by atoms with Crippen LogP contribution in [0.3, 0.4) is 0 Å². The summed E-state index contributed by atoms with van der Waals surface area (Å²) in [5.74, 6) is -0.481. The van der Waals surface area contributed by atoms with Crippen LogP contribution in [0.1, 0.15) is 55.5 Å². The summed E-state index contributed by atoms with van der Waals surface area (Å²) in [5.41, 5.74) is 1.65. The second-order valence-corrected chi connectivity index (χ2v) is 10.9. The number of hydrogen-bond donors (Lipinski definition) is 3. The van der Waals surface area contributed by atoms with Gasteiger partial charge in [-0.3, -0.25) is 9.69 Å². The molecule has 3 amide bonds. The van der Waals surface area contributed by atoms with Crippen LogP contribution in [-0.4, -0.2) is 63.6 Å². The van der Waals surface area contributed by atoms with Crippen LogP contribution >= 0.6 is 0 Å². The molecule has 0 bridgehead atoms. The predicted octanol–water partition coefficient (Wildman–Crippen LogP) is 4.42. The lowest BCUT2D eigenvalue weighted by atomic mass is 9.81. The van der Waals surface area contributed by atoms with Gasteiger partial charge in [-0.2, -0.15) is 0 Å². The Bertz CT molecular complexity index is 1420. The number of nitrogens with one attached hydrogen (secondary N) is 2. The minimum absolute atomic E-state index is 0.123. The first kappa shape index (κ1) is 24.7. The Hall–Kier alpha value is -3.59. The minimum atomic E-state index is -1.16. The zero-order valence-corrected chi connectivity index (χ0v) is 21.7. The molecular formula is C29H33FN4O4. The first-order chi connectivity index (χ1) is 18.3. The number of imide groups is 1. The van der Waals surface area contributed by atoms with Crippen molar-refractivity contribution >= 4 is 22.8 Å². The second kappa shape index (κ2) is 9.31. The van der Waals surface area contributed by atoms with Gasteiger partial charge in [-0.05, 0) is 74.5 Å². The maximum Gasteiger partial charge on any atom is 0.328 e. The van der Waals surface area contributed by atoms with Crippen LogP contribution < -0.4 is 10.1 Å². The number of aromatic amines is 1. The third-order valence-electron chi connectivity index (χ3n) is 8.50. The Morgan fingerprint density at radius 3 is 2.76 bits per heavy atom. The minimum Gasteiger partial charge on any atom is -0.508 e. The summed E-state index contributed by atoms with van der Waals surface area (Å²) in [4.78, 5) is 34.1. The van der Waals surface area contributed by atoms with E-state index in [1.54, 1.807) is 42.2 Å². The van der Waals surface area contributed by atoms with Crippen LogP contribution in [0.15, 0.2) is 36.4 Å². The molecule has 3 heterocycles. The van der Waals surface area contributed by atoms with Gasteiger partial charge in [0.05, 0.1) is 13.2 Å². The van der Waals surface area contributed by atoms with E-state index in [4.69, 9.17) is 4.74 Å². The van der Waals surface area contributed by atoms with Crippen LogP contribution in [-0.2, 0) is 17.6 Å². The summed E-state index contributed by atoms with van der Waals surface area (Å²) in [7, 11) is 1.42. The van der Waals surface area contributed by atoms with Crippen LogP contribution in [0.5, 0.6) is 11.5 Å². The van der Waals surface area contributed by atoms with Gasteiger partial charge in [0.25, 0.3) is 5.91 Å². The number of phenols is 1. The zero-order chi connectivity index (χ0) is 26.6. The molecule has 38 heavy (non-hydrogen) atoms. The molecule has 9 heteroatoms. The number of aromatic hydroxyl groups is 1. The molecule has 1 aliphatic carbocycles. The van der Waals surface area contributed by atoms with Gasteiger partial charge in [-0.15, -0.1) is 0 Å². The molecule has 2 aliphatic heterocycles. The van der Waals surface area contributed by atoms with Crippen molar-refractivity contribution in [3.63, 3.8) is 0 Å². The number of ether oxygens (including phenoxy) is 1. The molecule has 0 radical (unpaired) electrons. The normalized spacial score (nSPS) is 23.1. The second-order valence-electron chi connectivity index (χ2n) is 10.9. The largest absolute Gasteiger partial charge is 0.508 e. The van der Waals surface area contributed by atoms with E-state index in [9.17, 15) is 14.7 Å². The number of benzene rings is 2. The van der Waals surface area contributed by atoms with Gasteiger partial charge >= 0.3 is 6.03 Å². The van der Waals surface area contributed by atoms with Gasteiger partial charge < -0.3 is 25.0 Å². The van der Waals surface area contributed by atoms with Crippen molar-refractivity contribution < 1.29 is 23.8 Å². The Labute approximate surface area is 220 Å². The Kier molecular flexibility index (Phi) is 6.06. The van der Waals surface area contributed by atoms with Crippen molar-refractivity contribution in [3.05, 3.63) is 59.0 Å². The van der Waals surface area contributed by atoms with E-state index >= 15 is 4.39 Å². The standard InChI is InChI=1S/C29H33FN4O4/c1-29-16-20-24-21(10-11-23(38-2)25(24)30)32-26(20)22(15-17-6-3-9-19(35)14-17)34(29)28(37)33(27(29)36)13-5-12-31-18-7-4-8-18/h3,6,9-11,14,18,22,31-32,35H,4-5,7-8,12-13,15-16H2,1-2H3/t22?,29-/m0/s1. The van der Waals surface area contributed by atoms with E-state index in [1.165, 1.54) is 31.3 Å². The quantitative estimate of drug-likeness (QED) is 0.302. The summed E-state index contributed by atoms with van der Waals surface area (Å²) in [6.07, 6.45) is 4.84. The van der Waals surface area contributed by atoms with Crippen molar-refractivity contribution in [2.45, 2.75) is 63.1 Å². The van der Waals surface area contributed by atoms with E-state index < -0.39 is 17.4 Å². The first-order valence-corrected chi connectivity index (χ1v) is 13.4. The van der Waals surface area contributed by atoms with Crippen LogP contribution in [0, 0.1) is 5.82 Å². The topological polar surface area (TPSA) is 97.9 Å². The highest BCUT2D eigenvalue weighted by molar-refractivity contribution is 6.08. The molecule has 3 N–H and O–H groups in total. The molecule has 200 valence electrons. The number of nitrogens with zero attached hydrogens (tertiary/aromatic N) is 2. The highest BCUT2D eigenvalue weighted by Crippen LogP contribution is 2.48. The first-order valence-electron chi connectivity index (χ1n) is 13.4. The molecule has 0 spiro atoms. The average molecular weight is 521 g/mol. The van der Waals surface area contributed by atoms with Crippen LogP contribution in [0.4, 0.5) is 9.18 Å². The van der Waals surface area contributed by atoms with E-state index in [0.29, 0.717) is 47.6 Å². The van der Waals surface area contributed by atoms with Crippen molar-refractivity contribution in [3.8, 4) is 11.5 Å². The number of fused-ring (bicyclic) bond motifs is 4. The number of carbonyl (C=O) groups excluding carboxylic acids is 2. The molecule has 1 saturated heterocycles. The number of hydrogen-bond acceptors (Lipinski definition) is 5. The SMILES string of the molecule is COc1ccc2[nH]c3c(c2c1F)C[C@@]1(C)C(=O)N(CCCNC2CCC2)C(=O)N1C3Cc1cccc(O)c1. The van der Waals surface area contributed by atoms with Gasteiger partial charge in [-0.25, -0.2) is 9.18 Å². The third-order valence-corrected chi connectivity index (χ3v) is 8.50.